The Kier molecular flexibility index (Phi) is 11.3. The molecule has 0 aliphatic heterocycles. The summed E-state index contributed by atoms with van der Waals surface area (Å²) in [5, 5.41) is 7.96. The lowest BCUT2D eigenvalue weighted by Crippen LogP contribution is -2.33. The minimum atomic E-state index is 0.128. The third kappa shape index (κ3) is 7.48. The minimum Gasteiger partial charge on any atom is -0.381 e. The molecule has 0 aliphatic rings. The van der Waals surface area contributed by atoms with Gasteiger partial charge in [0, 0.05) is 44.7 Å². The van der Waals surface area contributed by atoms with Gasteiger partial charge in [0.25, 0.3) is 0 Å². The Morgan fingerprint density at radius 1 is 0.979 bits per heavy atom. The first-order chi connectivity index (χ1) is 22.9. The smallest absolute Gasteiger partial charge is 0.0602 e. The van der Waals surface area contributed by atoms with Crippen LogP contribution in [0.1, 0.15) is 119 Å². The van der Waals surface area contributed by atoms with Gasteiger partial charge in [-0.15, -0.1) is 22.7 Å². The van der Waals surface area contributed by atoms with Gasteiger partial charge in [0.15, 0.2) is 0 Å². The second-order valence-corrected chi connectivity index (χ2v) is 16.8. The van der Waals surface area contributed by atoms with Crippen LogP contribution in [0.15, 0.2) is 49.0 Å². The first kappa shape index (κ1) is 36.0. The number of rotatable bonds is 14. The van der Waals surface area contributed by atoms with E-state index in [0.717, 1.165) is 38.5 Å². The van der Waals surface area contributed by atoms with Gasteiger partial charge in [-0.3, -0.25) is 0 Å². The number of benzene rings is 2. The first-order valence-corrected chi connectivity index (χ1v) is 19.7. The highest BCUT2D eigenvalue weighted by Gasteiger charge is 2.20. The van der Waals surface area contributed by atoms with Gasteiger partial charge in [0.05, 0.1) is 26.5 Å². The van der Waals surface area contributed by atoms with Gasteiger partial charge in [-0.05, 0) is 104 Å². The molecule has 5 heteroatoms. The number of aryl methyl sites for hydroxylation is 2. The molecule has 0 spiro atoms. The predicted molar refractivity (Wildman–Crippen MR) is 218 cm³/mol. The van der Waals surface area contributed by atoms with E-state index in [2.05, 4.69) is 140 Å². The number of anilines is 2. The first-order valence-electron chi connectivity index (χ1n) is 18.1. The maximum absolute atomic E-state index is 4.24. The lowest BCUT2D eigenvalue weighted by atomic mass is 9.88. The van der Waals surface area contributed by atoms with Crippen LogP contribution in [0.2, 0.25) is 0 Å². The van der Waals surface area contributed by atoms with Crippen molar-refractivity contribution in [3.8, 4) is 0 Å². The number of hydrogen-bond donors (Lipinski definition) is 2. The predicted octanol–water partition coefficient (Wildman–Crippen LogP) is 11.9. The van der Waals surface area contributed by atoms with Crippen LogP contribution in [0.25, 0.3) is 39.0 Å². The highest BCUT2D eigenvalue weighted by Crippen LogP contribution is 2.40. The van der Waals surface area contributed by atoms with Gasteiger partial charge in [0.1, 0.15) is 0 Å². The van der Waals surface area contributed by atoms with Crippen LogP contribution in [-0.4, -0.2) is 18.1 Å². The molecule has 5 rings (SSSR count). The fraction of sp³-hybridized carbons (Fsp3) is 0.442. The molecule has 2 N–H and O–H groups in total. The second-order valence-electron chi connectivity index (χ2n) is 14.4. The van der Waals surface area contributed by atoms with E-state index < -0.39 is 0 Å². The van der Waals surface area contributed by atoms with E-state index >= 15 is 0 Å². The molecule has 0 saturated carbocycles. The van der Waals surface area contributed by atoms with E-state index in [9.17, 15) is 0 Å². The summed E-state index contributed by atoms with van der Waals surface area (Å²) in [7, 11) is 2.22. The van der Waals surface area contributed by atoms with E-state index in [4.69, 9.17) is 0 Å². The highest BCUT2D eigenvalue weighted by molar-refractivity contribution is 7.20. The van der Waals surface area contributed by atoms with Crippen molar-refractivity contribution in [2.45, 2.75) is 113 Å². The zero-order valence-corrected chi connectivity index (χ0v) is 32.7. The van der Waals surface area contributed by atoms with Crippen molar-refractivity contribution in [2.24, 2.45) is 5.41 Å². The van der Waals surface area contributed by atoms with Crippen molar-refractivity contribution in [1.82, 2.24) is 10.3 Å². The molecule has 48 heavy (non-hydrogen) atoms. The van der Waals surface area contributed by atoms with Crippen LogP contribution >= 0.6 is 22.7 Å². The van der Waals surface area contributed by atoms with E-state index in [0.29, 0.717) is 12.0 Å². The van der Waals surface area contributed by atoms with Crippen LogP contribution in [0.3, 0.4) is 0 Å². The van der Waals surface area contributed by atoms with Gasteiger partial charge >= 0.3 is 0 Å². The Hall–Kier alpha value is -3.28. The summed E-state index contributed by atoms with van der Waals surface area (Å²) in [5.41, 5.74) is 8.80. The second kappa shape index (κ2) is 15.1. The lowest BCUT2D eigenvalue weighted by molar-refractivity contribution is 0.496. The molecular weight excluding hydrogens is 623 g/mol. The van der Waals surface area contributed by atoms with Crippen LogP contribution in [0.5, 0.6) is 0 Å². The Morgan fingerprint density at radius 3 is 2.35 bits per heavy atom. The summed E-state index contributed by atoms with van der Waals surface area (Å²) >= 11 is 3.84. The molecular formula is C43H57N3S2. The Bertz CT molecular complexity index is 2010. The van der Waals surface area contributed by atoms with Crippen molar-refractivity contribution in [2.75, 3.05) is 11.9 Å². The molecule has 0 amide bonds. The van der Waals surface area contributed by atoms with E-state index in [1.54, 1.807) is 0 Å². The molecule has 3 heterocycles. The quantitative estimate of drug-likeness (QED) is 0.122. The topological polar surface area (TPSA) is 31.1 Å². The average Bonchev–Trinajstić information content (AvgIpc) is 3.75. The zero-order valence-electron chi connectivity index (χ0n) is 31.1. The standard InChI is InChI=1S/C43H57N3S2/c1-12-17-32(18-13-2)44-41(34-22-30(15-4)31(21-28(34)7)26-43(9,10)16-5)40-25-38(29(8)47-40)46(11)33-19-20-36-35(23-33)42-37(45-36)24-39(48-42)27(6)14-3/h15,19-27,32,44-45H,4,12-14,16-18H2,1-3,5-11H3/b31-26+,41-34-. The van der Waals surface area contributed by atoms with E-state index in [1.165, 1.54) is 74.4 Å². The Balaban J connectivity index is 1.64. The molecule has 0 fully saturated rings. The van der Waals surface area contributed by atoms with Crippen molar-refractivity contribution in [3.05, 3.63) is 85.2 Å². The maximum Gasteiger partial charge on any atom is 0.0602 e. The van der Waals surface area contributed by atoms with Gasteiger partial charge in [0.2, 0.25) is 0 Å². The van der Waals surface area contributed by atoms with Gasteiger partial charge in [-0.25, -0.2) is 0 Å². The van der Waals surface area contributed by atoms with Crippen molar-refractivity contribution >= 4 is 73.0 Å². The molecule has 3 aromatic heterocycles. The third-order valence-corrected chi connectivity index (χ3v) is 12.7. The number of thiophene rings is 2. The number of aromatic nitrogens is 1. The monoisotopic (exact) mass is 679 g/mol. The molecule has 5 aromatic rings. The fourth-order valence-corrected chi connectivity index (χ4v) is 9.06. The third-order valence-electron chi connectivity index (χ3n) is 10.3. The number of hydrogen-bond acceptors (Lipinski definition) is 4. The number of H-pyrrole nitrogens is 1. The molecule has 0 saturated heterocycles. The van der Waals surface area contributed by atoms with Crippen LogP contribution < -0.4 is 20.7 Å². The molecule has 0 bridgehead atoms. The molecule has 2 aromatic carbocycles. The summed E-state index contributed by atoms with van der Waals surface area (Å²) in [6, 6.07) is 16.8. The number of fused-ring (bicyclic) bond motifs is 3. The van der Waals surface area contributed by atoms with Gasteiger partial charge < -0.3 is 15.2 Å². The SMILES string of the molecule is C=Cc1c/c(=C(/NC(CCC)CCC)c2cc(N(C)c3ccc4[nH]c5cc(C(C)CC)sc5c4c3)c(C)s2)c(C)c/c1=C\C(C)(C)CC. The minimum absolute atomic E-state index is 0.128. The highest BCUT2D eigenvalue weighted by atomic mass is 32.1. The Morgan fingerprint density at radius 2 is 1.71 bits per heavy atom. The van der Waals surface area contributed by atoms with Gasteiger partial charge in [-0.1, -0.05) is 86.1 Å². The van der Waals surface area contributed by atoms with Crippen LogP contribution in [0.4, 0.5) is 11.4 Å². The van der Waals surface area contributed by atoms with E-state index in [1.807, 2.05) is 28.7 Å². The maximum atomic E-state index is 4.24. The number of aromatic amines is 1. The van der Waals surface area contributed by atoms with Crippen molar-refractivity contribution in [1.29, 1.82) is 0 Å². The average molecular weight is 680 g/mol. The van der Waals surface area contributed by atoms with Crippen LogP contribution in [-0.2, 0) is 0 Å². The molecule has 0 radical (unpaired) electrons. The van der Waals surface area contributed by atoms with E-state index in [-0.39, 0.29) is 5.41 Å². The van der Waals surface area contributed by atoms with Gasteiger partial charge in [-0.2, -0.15) is 0 Å². The zero-order chi connectivity index (χ0) is 34.7. The van der Waals surface area contributed by atoms with Crippen molar-refractivity contribution in [3.63, 3.8) is 0 Å². The number of nitrogens with zero attached hydrogens (tertiary/aromatic N) is 1. The summed E-state index contributed by atoms with van der Waals surface area (Å²) in [5.74, 6) is 0.584. The normalized spacial score (nSPS) is 13.9. The summed E-state index contributed by atoms with van der Waals surface area (Å²) in [4.78, 5) is 10.1. The lowest BCUT2D eigenvalue weighted by Gasteiger charge is -2.22. The Labute approximate surface area is 297 Å². The summed E-state index contributed by atoms with van der Waals surface area (Å²) < 4.78 is 1.37. The van der Waals surface area contributed by atoms with Crippen molar-refractivity contribution < 1.29 is 0 Å². The number of nitrogens with one attached hydrogen (secondary N) is 2. The molecule has 1 atom stereocenters. The fourth-order valence-electron chi connectivity index (χ4n) is 6.71. The summed E-state index contributed by atoms with van der Waals surface area (Å²) in [6.07, 6.45) is 11.3. The van der Waals surface area contributed by atoms with Crippen LogP contribution in [0, 0.1) is 19.3 Å². The molecule has 3 nitrogen and oxygen atoms in total. The molecule has 256 valence electrons. The summed E-state index contributed by atoms with van der Waals surface area (Å²) in [6.45, 7) is 24.9. The largest absolute Gasteiger partial charge is 0.381 e. The molecule has 0 aliphatic carbocycles. The molecule has 1 unspecified atom stereocenters.